The van der Waals surface area contributed by atoms with Gasteiger partial charge in [0.05, 0.1) is 0 Å². The highest BCUT2D eigenvalue weighted by atomic mass is 15.1. The monoisotopic (exact) mass is 184 g/mol. The van der Waals surface area contributed by atoms with Gasteiger partial charge in [-0.15, -0.1) is 0 Å². The van der Waals surface area contributed by atoms with Crippen molar-refractivity contribution < 1.29 is 0 Å². The molecule has 0 aliphatic carbocycles. The zero-order chi connectivity index (χ0) is 9.68. The third kappa shape index (κ3) is 3.65. The molecule has 78 valence electrons. The Bertz CT molecular complexity index is 136. The molecule has 0 radical (unpaired) electrons. The molecule has 0 saturated carbocycles. The predicted octanol–water partition coefficient (Wildman–Crippen LogP) is 1.72. The Labute approximate surface area is 82.7 Å². The summed E-state index contributed by atoms with van der Waals surface area (Å²) < 4.78 is 0. The van der Waals surface area contributed by atoms with Crippen LogP contribution in [0, 0.1) is 5.92 Å². The highest BCUT2D eigenvalue weighted by Crippen LogP contribution is 2.17. The van der Waals surface area contributed by atoms with E-state index in [0.29, 0.717) is 0 Å². The maximum Gasteiger partial charge on any atom is 0.0105 e. The van der Waals surface area contributed by atoms with Crippen LogP contribution in [0.5, 0.6) is 0 Å². The first-order valence-corrected chi connectivity index (χ1v) is 5.66. The molecule has 1 heterocycles. The molecular formula is C11H24N2. The van der Waals surface area contributed by atoms with Crippen molar-refractivity contribution in [3.63, 3.8) is 0 Å². The van der Waals surface area contributed by atoms with Gasteiger partial charge in [-0.25, -0.2) is 0 Å². The molecular weight excluding hydrogens is 160 g/mol. The highest BCUT2D eigenvalue weighted by Gasteiger charge is 2.22. The van der Waals surface area contributed by atoms with Crippen LogP contribution < -0.4 is 5.32 Å². The maximum absolute atomic E-state index is 3.58. The van der Waals surface area contributed by atoms with Crippen LogP contribution in [-0.2, 0) is 0 Å². The van der Waals surface area contributed by atoms with E-state index in [1.807, 2.05) is 0 Å². The number of nitrogens with zero attached hydrogens (tertiary/aromatic N) is 1. The second kappa shape index (κ2) is 5.61. The van der Waals surface area contributed by atoms with Gasteiger partial charge >= 0.3 is 0 Å². The van der Waals surface area contributed by atoms with Gasteiger partial charge < -0.3 is 10.2 Å². The fourth-order valence-electron chi connectivity index (χ4n) is 2.14. The van der Waals surface area contributed by atoms with Gasteiger partial charge in [-0.3, -0.25) is 0 Å². The molecule has 2 heteroatoms. The Morgan fingerprint density at radius 2 is 2.15 bits per heavy atom. The van der Waals surface area contributed by atoms with E-state index in [-0.39, 0.29) is 0 Å². The molecule has 0 bridgehead atoms. The van der Waals surface area contributed by atoms with Crippen LogP contribution in [0.15, 0.2) is 0 Å². The third-order valence-corrected chi connectivity index (χ3v) is 3.12. The van der Waals surface area contributed by atoms with Gasteiger partial charge in [-0.2, -0.15) is 0 Å². The molecule has 1 rings (SSSR count). The fraction of sp³-hybridized carbons (Fsp3) is 1.00. The molecule has 1 saturated heterocycles. The van der Waals surface area contributed by atoms with Gasteiger partial charge in [0, 0.05) is 6.04 Å². The Hall–Kier alpha value is -0.0800. The van der Waals surface area contributed by atoms with Crippen LogP contribution in [-0.4, -0.2) is 37.6 Å². The quantitative estimate of drug-likeness (QED) is 0.700. The van der Waals surface area contributed by atoms with Gasteiger partial charge in [-0.05, 0) is 51.9 Å². The Morgan fingerprint density at radius 3 is 2.69 bits per heavy atom. The molecule has 0 amide bonds. The lowest BCUT2D eigenvalue weighted by Gasteiger charge is -2.20. The van der Waals surface area contributed by atoms with Crippen molar-refractivity contribution in [1.29, 1.82) is 0 Å². The lowest BCUT2D eigenvalue weighted by Crippen LogP contribution is -2.31. The number of hydrogen-bond acceptors (Lipinski definition) is 2. The van der Waals surface area contributed by atoms with E-state index in [0.717, 1.165) is 12.0 Å². The van der Waals surface area contributed by atoms with Crippen molar-refractivity contribution >= 4 is 0 Å². The summed E-state index contributed by atoms with van der Waals surface area (Å²) in [5, 5.41) is 3.58. The lowest BCUT2D eigenvalue weighted by atomic mass is 10.0. The predicted molar refractivity (Wildman–Crippen MR) is 58.0 cm³/mol. The summed E-state index contributed by atoms with van der Waals surface area (Å²) in [5.74, 6) is 0.884. The summed E-state index contributed by atoms with van der Waals surface area (Å²) in [6.07, 6.45) is 3.95. The minimum absolute atomic E-state index is 0.777. The first-order valence-electron chi connectivity index (χ1n) is 5.66. The largest absolute Gasteiger partial charge is 0.314 e. The van der Waals surface area contributed by atoms with Gasteiger partial charge in [0.2, 0.25) is 0 Å². The Morgan fingerprint density at radius 1 is 1.38 bits per heavy atom. The number of nitrogens with one attached hydrogen (secondary N) is 1. The molecule has 0 aromatic rings. The summed E-state index contributed by atoms with van der Waals surface area (Å²) in [6.45, 7) is 8.32. The normalized spacial score (nSPS) is 28.6. The molecule has 0 aromatic carbocycles. The molecule has 1 aliphatic rings. The van der Waals surface area contributed by atoms with Gasteiger partial charge in [-0.1, -0.05) is 13.8 Å². The molecule has 2 nitrogen and oxygen atoms in total. The Kier molecular flexibility index (Phi) is 4.74. The van der Waals surface area contributed by atoms with E-state index in [1.54, 1.807) is 0 Å². The summed E-state index contributed by atoms with van der Waals surface area (Å²) in [5.41, 5.74) is 0. The minimum Gasteiger partial charge on any atom is -0.314 e. The molecule has 13 heavy (non-hydrogen) atoms. The number of hydrogen-bond donors (Lipinski definition) is 1. The van der Waals surface area contributed by atoms with Crippen molar-refractivity contribution in [2.75, 3.05) is 26.7 Å². The van der Waals surface area contributed by atoms with E-state index in [2.05, 4.69) is 31.1 Å². The van der Waals surface area contributed by atoms with Gasteiger partial charge in [0.25, 0.3) is 0 Å². The Balaban J connectivity index is 2.10. The zero-order valence-electron chi connectivity index (χ0n) is 9.34. The minimum atomic E-state index is 0.777. The smallest absolute Gasteiger partial charge is 0.0105 e. The molecule has 0 spiro atoms. The van der Waals surface area contributed by atoms with Crippen LogP contribution in [0.3, 0.4) is 0 Å². The van der Waals surface area contributed by atoms with Crippen LogP contribution in [0.2, 0.25) is 0 Å². The highest BCUT2D eigenvalue weighted by molar-refractivity contribution is 4.81. The average molecular weight is 184 g/mol. The fourth-order valence-corrected chi connectivity index (χ4v) is 2.14. The van der Waals surface area contributed by atoms with Crippen molar-refractivity contribution in [3.05, 3.63) is 0 Å². The lowest BCUT2D eigenvalue weighted by molar-refractivity contribution is 0.300. The maximum atomic E-state index is 3.58. The second-order valence-corrected chi connectivity index (χ2v) is 4.42. The van der Waals surface area contributed by atoms with Crippen molar-refractivity contribution in [2.24, 2.45) is 5.92 Å². The zero-order valence-corrected chi connectivity index (χ0v) is 9.34. The van der Waals surface area contributed by atoms with E-state index < -0.39 is 0 Å². The van der Waals surface area contributed by atoms with Gasteiger partial charge in [0.15, 0.2) is 0 Å². The van der Waals surface area contributed by atoms with Crippen LogP contribution in [0.1, 0.15) is 33.1 Å². The molecule has 0 aromatic heterocycles. The SMILES string of the molecule is CCCN(C)CCC1NCCC1C. The molecule has 2 atom stereocenters. The van der Waals surface area contributed by atoms with Crippen LogP contribution in [0.25, 0.3) is 0 Å². The summed E-state index contributed by atoms with van der Waals surface area (Å²) in [4.78, 5) is 2.44. The summed E-state index contributed by atoms with van der Waals surface area (Å²) in [7, 11) is 2.23. The number of rotatable bonds is 5. The van der Waals surface area contributed by atoms with Gasteiger partial charge in [0.1, 0.15) is 0 Å². The first kappa shape index (κ1) is 11.0. The van der Waals surface area contributed by atoms with Crippen molar-refractivity contribution in [2.45, 2.75) is 39.2 Å². The van der Waals surface area contributed by atoms with Crippen molar-refractivity contribution in [3.8, 4) is 0 Å². The molecule has 1 fully saturated rings. The van der Waals surface area contributed by atoms with E-state index in [4.69, 9.17) is 0 Å². The standard InChI is InChI=1S/C11H24N2/c1-4-8-13(3)9-6-11-10(2)5-7-12-11/h10-12H,4-9H2,1-3H3. The van der Waals surface area contributed by atoms with E-state index in [1.165, 1.54) is 38.9 Å². The third-order valence-electron chi connectivity index (χ3n) is 3.12. The summed E-state index contributed by atoms with van der Waals surface area (Å²) in [6, 6.07) is 0.777. The summed E-state index contributed by atoms with van der Waals surface area (Å²) >= 11 is 0. The molecule has 1 N–H and O–H groups in total. The van der Waals surface area contributed by atoms with E-state index >= 15 is 0 Å². The first-order chi connectivity index (χ1) is 6.24. The van der Waals surface area contributed by atoms with Crippen LogP contribution >= 0.6 is 0 Å². The van der Waals surface area contributed by atoms with Crippen molar-refractivity contribution in [1.82, 2.24) is 10.2 Å². The second-order valence-electron chi connectivity index (χ2n) is 4.42. The van der Waals surface area contributed by atoms with E-state index in [9.17, 15) is 0 Å². The molecule has 1 aliphatic heterocycles. The van der Waals surface area contributed by atoms with Crippen LogP contribution in [0.4, 0.5) is 0 Å². The molecule has 2 unspecified atom stereocenters. The average Bonchev–Trinajstić information content (AvgIpc) is 2.48. The topological polar surface area (TPSA) is 15.3 Å².